The van der Waals surface area contributed by atoms with Gasteiger partial charge in [0, 0.05) is 5.38 Å². The van der Waals surface area contributed by atoms with Crippen molar-refractivity contribution < 1.29 is 4.79 Å². The Hall–Kier alpha value is -2.54. The largest absolute Gasteiger partial charge is 0.300 e. The molecule has 0 spiro atoms. The zero-order valence-electron chi connectivity index (χ0n) is 12.2. The van der Waals surface area contributed by atoms with Gasteiger partial charge in [0.15, 0.2) is 5.13 Å². The number of amides is 1. The van der Waals surface area contributed by atoms with E-state index in [2.05, 4.69) is 15.3 Å². The van der Waals surface area contributed by atoms with Crippen LogP contribution in [0.2, 0.25) is 0 Å². The first-order valence-corrected chi connectivity index (χ1v) is 7.61. The standard InChI is InChI=1S/C15H14N4O2S/c1-9-8-22-15(16-9)18-13(20)7-19-12-6-4-3-5-11(12)17-10(2)14(19)21/h3-6,8H,7H2,1-2H3,(H,16,18,20). The van der Waals surface area contributed by atoms with E-state index in [4.69, 9.17) is 0 Å². The molecule has 2 aromatic heterocycles. The number of nitrogens with one attached hydrogen (secondary N) is 1. The van der Waals surface area contributed by atoms with Gasteiger partial charge in [-0.15, -0.1) is 11.3 Å². The van der Waals surface area contributed by atoms with Crippen LogP contribution in [0.5, 0.6) is 0 Å². The van der Waals surface area contributed by atoms with E-state index in [0.29, 0.717) is 21.9 Å². The molecule has 0 unspecified atom stereocenters. The second-order valence-electron chi connectivity index (χ2n) is 4.92. The van der Waals surface area contributed by atoms with Crippen LogP contribution in [0.1, 0.15) is 11.4 Å². The monoisotopic (exact) mass is 314 g/mol. The van der Waals surface area contributed by atoms with Gasteiger partial charge in [0.2, 0.25) is 5.91 Å². The fraction of sp³-hybridized carbons (Fsp3) is 0.200. The van der Waals surface area contributed by atoms with Gasteiger partial charge >= 0.3 is 0 Å². The Morgan fingerprint density at radius 2 is 2.05 bits per heavy atom. The molecular formula is C15H14N4O2S. The molecule has 0 radical (unpaired) electrons. The van der Waals surface area contributed by atoms with Crippen molar-refractivity contribution in [1.29, 1.82) is 0 Å². The highest BCUT2D eigenvalue weighted by Gasteiger charge is 2.12. The Kier molecular flexibility index (Phi) is 3.72. The molecule has 1 amide bonds. The van der Waals surface area contributed by atoms with Crippen molar-refractivity contribution in [3.05, 3.63) is 51.4 Å². The maximum Gasteiger partial charge on any atom is 0.272 e. The van der Waals surface area contributed by atoms with Crippen molar-refractivity contribution in [1.82, 2.24) is 14.5 Å². The molecule has 7 heteroatoms. The minimum absolute atomic E-state index is 0.0681. The van der Waals surface area contributed by atoms with Gasteiger partial charge in [-0.2, -0.15) is 0 Å². The second-order valence-corrected chi connectivity index (χ2v) is 5.78. The molecule has 3 rings (SSSR count). The fourth-order valence-electron chi connectivity index (χ4n) is 2.19. The van der Waals surface area contributed by atoms with E-state index in [0.717, 1.165) is 5.69 Å². The Morgan fingerprint density at radius 3 is 2.77 bits per heavy atom. The van der Waals surface area contributed by atoms with Crippen molar-refractivity contribution in [2.75, 3.05) is 5.32 Å². The third kappa shape index (κ3) is 2.75. The molecule has 3 aromatic rings. The van der Waals surface area contributed by atoms with E-state index < -0.39 is 0 Å². The summed E-state index contributed by atoms with van der Waals surface area (Å²) in [5, 5.41) is 5.10. The van der Waals surface area contributed by atoms with Gasteiger partial charge in [-0.25, -0.2) is 9.97 Å². The average Bonchev–Trinajstić information content (AvgIpc) is 2.89. The van der Waals surface area contributed by atoms with Crippen LogP contribution in [-0.4, -0.2) is 20.4 Å². The quantitative estimate of drug-likeness (QED) is 0.803. The Bertz CT molecular complexity index is 913. The van der Waals surface area contributed by atoms with Crippen molar-refractivity contribution in [2.45, 2.75) is 20.4 Å². The van der Waals surface area contributed by atoms with Crippen LogP contribution in [0.25, 0.3) is 11.0 Å². The molecular weight excluding hydrogens is 300 g/mol. The van der Waals surface area contributed by atoms with Crippen LogP contribution in [0.15, 0.2) is 34.4 Å². The lowest BCUT2D eigenvalue weighted by molar-refractivity contribution is -0.116. The number of aryl methyl sites for hydroxylation is 2. The third-order valence-corrected chi connectivity index (χ3v) is 4.06. The highest BCUT2D eigenvalue weighted by Crippen LogP contribution is 2.15. The summed E-state index contributed by atoms with van der Waals surface area (Å²) >= 11 is 1.36. The summed E-state index contributed by atoms with van der Waals surface area (Å²) in [6.45, 7) is 3.44. The highest BCUT2D eigenvalue weighted by atomic mass is 32.1. The lowest BCUT2D eigenvalue weighted by Gasteiger charge is -2.10. The number of aromatic nitrogens is 3. The molecule has 0 aliphatic carbocycles. The van der Waals surface area contributed by atoms with Crippen molar-refractivity contribution in [3.63, 3.8) is 0 Å². The molecule has 6 nitrogen and oxygen atoms in total. The van der Waals surface area contributed by atoms with E-state index in [1.165, 1.54) is 15.9 Å². The molecule has 112 valence electrons. The maximum absolute atomic E-state index is 12.3. The molecule has 2 heterocycles. The topological polar surface area (TPSA) is 76.9 Å². The summed E-state index contributed by atoms with van der Waals surface area (Å²) in [7, 11) is 0. The molecule has 1 N–H and O–H groups in total. The minimum atomic E-state index is -0.285. The van der Waals surface area contributed by atoms with Crippen LogP contribution in [0.3, 0.4) is 0 Å². The summed E-state index contributed by atoms with van der Waals surface area (Å²) in [6.07, 6.45) is 0. The normalized spacial score (nSPS) is 10.8. The predicted octanol–water partition coefficient (Wildman–Crippen LogP) is 2.11. The van der Waals surface area contributed by atoms with Gasteiger partial charge in [-0.05, 0) is 26.0 Å². The highest BCUT2D eigenvalue weighted by molar-refractivity contribution is 7.13. The second kappa shape index (κ2) is 5.69. The van der Waals surface area contributed by atoms with Crippen molar-refractivity contribution in [2.24, 2.45) is 0 Å². The maximum atomic E-state index is 12.3. The van der Waals surface area contributed by atoms with Gasteiger partial charge in [0.25, 0.3) is 5.56 Å². The van der Waals surface area contributed by atoms with Crippen LogP contribution in [0.4, 0.5) is 5.13 Å². The van der Waals surface area contributed by atoms with E-state index in [9.17, 15) is 9.59 Å². The summed E-state index contributed by atoms with van der Waals surface area (Å²) in [4.78, 5) is 32.9. The zero-order valence-corrected chi connectivity index (χ0v) is 13.0. The van der Waals surface area contributed by atoms with Gasteiger partial charge in [0.1, 0.15) is 12.2 Å². The predicted molar refractivity (Wildman–Crippen MR) is 86.2 cm³/mol. The first-order chi connectivity index (χ1) is 10.5. The molecule has 0 atom stereocenters. The van der Waals surface area contributed by atoms with Gasteiger partial charge < -0.3 is 5.32 Å². The average molecular weight is 314 g/mol. The number of nitrogens with zero attached hydrogens (tertiary/aromatic N) is 3. The molecule has 0 saturated heterocycles. The number of hydrogen-bond donors (Lipinski definition) is 1. The zero-order chi connectivity index (χ0) is 15.7. The number of hydrogen-bond acceptors (Lipinski definition) is 5. The number of carbonyl (C=O) groups excluding carboxylic acids is 1. The Morgan fingerprint density at radius 1 is 1.27 bits per heavy atom. The van der Waals surface area contributed by atoms with Gasteiger partial charge in [0.05, 0.1) is 16.7 Å². The van der Waals surface area contributed by atoms with E-state index in [1.54, 1.807) is 13.0 Å². The minimum Gasteiger partial charge on any atom is -0.300 e. The Labute approximate surface area is 130 Å². The molecule has 1 aromatic carbocycles. The lowest BCUT2D eigenvalue weighted by Crippen LogP contribution is -2.30. The van der Waals surface area contributed by atoms with Crippen LogP contribution < -0.4 is 10.9 Å². The summed E-state index contributed by atoms with van der Waals surface area (Å²) in [5.74, 6) is -0.285. The number of para-hydroxylation sites is 2. The fourth-order valence-corrected chi connectivity index (χ4v) is 2.90. The third-order valence-electron chi connectivity index (χ3n) is 3.18. The lowest BCUT2D eigenvalue weighted by atomic mass is 10.2. The summed E-state index contributed by atoms with van der Waals surface area (Å²) < 4.78 is 1.44. The summed E-state index contributed by atoms with van der Waals surface area (Å²) in [5.41, 5.74) is 2.30. The Balaban J connectivity index is 1.94. The number of fused-ring (bicyclic) bond motifs is 1. The number of anilines is 1. The molecule has 0 fully saturated rings. The first kappa shape index (κ1) is 14.4. The molecule has 22 heavy (non-hydrogen) atoms. The van der Waals surface area contributed by atoms with E-state index in [-0.39, 0.29) is 18.0 Å². The van der Waals surface area contributed by atoms with Crippen LogP contribution >= 0.6 is 11.3 Å². The number of thiazole rings is 1. The molecule has 0 aliphatic heterocycles. The van der Waals surface area contributed by atoms with E-state index >= 15 is 0 Å². The smallest absolute Gasteiger partial charge is 0.272 e. The molecule has 0 saturated carbocycles. The summed E-state index contributed by atoms with van der Waals surface area (Å²) in [6, 6.07) is 7.27. The van der Waals surface area contributed by atoms with E-state index in [1.807, 2.05) is 30.5 Å². The van der Waals surface area contributed by atoms with Gasteiger partial charge in [-0.1, -0.05) is 12.1 Å². The molecule has 0 bridgehead atoms. The number of rotatable bonds is 3. The number of carbonyl (C=O) groups is 1. The SMILES string of the molecule is Cc1csc(NC(=O)Cn2c(=O)c(C)nc3ccccc32)n1. The molecule has 0 aliphatic rings. The van der Waals surface area contributed by atoms with Crippen LogP contribution in [-0.2, 0) is 11.3 Å². The first-order valence-electron chi connectivity index (χ1n) is 6.73. The van der Waals surface area contributed by atoms with Crippen LogP contribution in [0, 0.1) is 13.8 Å². The van der Waals surface area contributed by atoms with Crippen molar-refractivity contribution in [3.8, 4) is 0 Å². The number of benzene rings is 1. The van der Waals surface area contributed by atoms with Gasteiger partial charge in [-0.3, -0.25) is 14.2 Å². The van der Waals surface area contributed by atoms with Crippen molar-refractivity contribution >= 4 is 33.4 Å².